The molecule has 0 saturated carbocycles. The minimum atomic E-state index is -0.305. The SMILES string of the molecule is CNc1cc2c(cc1C)-c1cc(C)c(C)cc1C(C)(C)O2. The van der Waals surface area contributed by atoms with Crippen molar-refractivity contribution >= 4 is 5.69 Å². The van der Waals surface area contributed by atoms with Gasteiger partial charge in [0.15, 0.2) is 0 Å². The number of anilines is 1. The quantitative estimate of drug-likeness (QED) is 0.798. The van der Waals surface area contributed by atoms with Crippen molar-refractivity contribution in [2.24, 2.45) is 0 Å². The van der Waals surface area contributed by atoms with E-state index >= 15 is 0 Å². The number of hydrogen-bond donors (Lipinski definition) is 1. The van der Waals surface area contributed by atoms with Crippen LogP contribution in [0.2, 0.25) is 0 Å². The van der Waals surface area contributed by atoms with E-state index < -0.39 is 0 Å². The summed E-state index contributed by atoms with van der Waals surface area (Å²) in [5, 5.41) is 3.24. The lowest BCUT2D eigenvalue weighted by atomic mass is 9.83. The van der Waals surface area contributed by atoms with E-state index in [0.717, 1.165) is 11.4 Å². The molecule has 2 heteroatoms. The second kappa shape index (κ2) is 4.52. The molecule has 0 unspecified atom stereocenters. The van der Waals surface area contributed by atoms with Crippen molar-refractivity contribution in [1.82, 2.24) is 0 Å². The maximum Gasteiger partial charge on any atom is 0.130 e. The molecule has 21 heavy (non-hydrogen) atoms. The van der Waals surface area contributed by atoms with Gasteiger partial charge in [-0.3, -0.25) is 0 Å². The molecule has 0 saturated heterocycles. The summed E-state index contributed by atoms with van der Waals surface area (Å²) in [5.74, 6) is 0.964. The summed E-state index contributed by atoms with van der Waals surface area (Å²) >= 11 is 0. The first-order chi connectivity index (χ1) is 9.83. The fraction of sp³-hybridized carbons (Fsp3) is 0.368. The third-order valence-corrected chi connectivity index (χ3v) is 4.53. The highest BCUT2D eigenvalue weighted by Crippen LogP contribution is 2.47. The Balaban J connectivity index is 2.32. The molecule has 0 atom stereocenters. The number of aryl methyl sites for hydroxylation is 3. The first-order valence-electron chi connectivity index (χ1n) is 7.47. The number of nitrogens with one attached hydrogen (secondary N) is 1. The minimum Gasteiger partial charge on any atom is -0.482 e. The van der Waals surface area contributed by atoms with Crippen LogP contribution >= 0.6 is 0 Å². The zero-order chi connectivity index (χ0) is 15.4. The highest BCUT2D eigenvalue weighted by Gasteiger charge is 2.33. The van der Waals surface area contributed by atoms with Gasteiger partial charge < -0.3 is 10.1 Å². The predicted molar refractivity (Wildman–Crippen MR) is 89.3 cm³/mol. The third kappa shape index (κ3) is 2.10. The first-order valence-corrected chi connectivity index (χ1v) is 7.47. The molecule has 1 aliphatic heterocycles. The average Bonchev–Trinajstić information content (AvgIpc) is 2.41. The van der Waals surface area contributed by atoms with E-state index in [9.17, 15) is 0 Å². The number of benzene rings is 2. The molecule has 0 amide bonds. The van der Waals surface area contributed by atoms with E-state index in [4.69, 9.17) is 4.74 Å². The van der Waals surface area contributed by atoms with Crippen molar-refractivity contribution in [3.8, 4) is 16.9 Å². The Hall–Kier alpha value is -1.96. The molecule has 1 heterocycles. The van der Waals surface area contributed by atoms with Gasteiger partial charge in [-0.15, -0.1) is 0 Å². The fourth-order valence-corrected chi connectivity index (χ4v) is 3.12. The van der Waals surface area contributed by atoms with Crippen molar-refractivity contribution < 1.29 is 4.74 Å². The highest BCUT2D eigenvalue weighted by atomic mass is 16.5. The maximum absolute atomic E-state index is 6.30. The van der Waals surface area contributed by atoms with Crippen molar-refractivity contribution in [3.63, 3.8) is 0 Å². The normalized spacial score (nSPS) is 15.0. The molecule has 0 bridgehead atoms. The van der Waals surface area contributed by atoms with Crippen molar-refractivity contribution in [3.05, 3.63) is 46.5 Å². The van der Waals surface area contributed by atoms with Gasteiger partial charge in [0.05, 0.1) is 0 Å². The molecule has 2 aromatic rings. The van der Waals surface area contributed by atoms with Crippen LogP contribution in [0.1, 0.15) is 36.1 Å². The maximum atomic E-state index is 6.30. The Labute approximate surface area is 127 Å². The Bertz CT molecular complexity index is 729. The smallest absolute Gasteiger partial charge is 0.130 e. The number of hydrogen-bond acceptors (Lipinski definition) is 2. The van der Waals surface area contributed by atoms with Crippen LogP contribution in [-0.2, 0) is 5.60 Å². The molecule has 0 fully saturated rings. The van der Waals surface area contributed by atoms with Gasteiger partial charge in [-0.2, -0.15) is 0 Å². The number of ether oxygens (including phenoxy) is 1. The van der Waals surface area contributed by atoms with Crippen LogP contribution in [-0.4, -0.2) is 7.05 Å². The van der Waals surface area contributed by atoms with Crippen LogP contribution < -0.4 is 10.1 Å². The van der Waals surface area contributed by atoms with Crippen LogP contribution in [0.4, 0.5) is 5.69 Å². The summed E-state index contributed by atoms with van der Waals surface area (Å²) in [4.78, 5) is 0. The van der Waals surface area contributed by atoms with Crippen LogP contribution in [0.3, 0.4) is 0 Å². The summed E-state index contributed by atoms with van der Waals surface area (Å²) in [6.07, 6.45) is 0. The second-order valence-corrected chi connectivity index (χ2v) is 6.51. The van der Waals surface area contributed by atoms with Crippen molar-refractivity contribution in [1.29, 1.82) is 0 Å². The van der Waals surface area contributed by atoms with E-state index in [1.165, 1.54) is 33.4 Å². The van der Waals surface area contributed by atoms with Crippen LogP contribution in [0.5, 0.6) is 5.75 Å². The summed E-state index contributed by atoms with van der Waals surface area (Å²) in [6, 6.07) is 8.91. The Morgan fingerprint density at radius 1 is 0.857 bits per heavy atom. The standard InChI is InChI=1S/C19H23NO/c1-11-7-14-15-8-13(3)17(20-6)10-18(15)21-19(4,5)16(14)9-12(11)2/h7-10,20H,1-6H3. The van der Waals surface area contributed by atoms with Crippen molar-refractivity contribution in [2.45, 2.75) is 40.2 Å². The van der Waals surface area contributed by atoms with Gasteiger partial charge in [0.25, 0.3) is 0 Å². The molecule has 2 aromatic carbocycles. The lowest BCUT2D eigenvalue weighted by molar-refractivity contribution is 0.106. The van der Waals surface area contributed by atoms with E-state index in [1.807, 2.05) is 7.05 Å². The van der Waals surface area contributed by atoms with Gasteiger partial charge in [-0.05, 0) is 62.9 Å². The van der Waals surface area contributed by atoms with Crippen LogP contribution in [0.25, 0.3) is 11.1 Å². The van der Waals surface area contributed by atoms with E-state index in [0.29, 0.717) is 0 Å². The molecule has 0 aromatic heterocycles. The molecule has 0 aliphatic carbocycles. The Morgan fingerprint density at radius 2 is 1.48 bits per heavy atom. The molecule has 0 spiro atoms. The molecule has 3 rings (SSSR count). The topological polar surface area (TPSA) is 21.3 Å². The van der Waals surface area contributed by atoms with E-state index in [-0.39, 0.29) is 5.60 Å². The molecule has 110 valence electrons. The summed E-state index contributed by atoms with van der Waals surface area (Å²) in [7, 11) is 1.95. The summed E-state index contributed by atoms with van der Waals surface area (Å²) in [5.41, 5.74) is 8.47. The molecule has 0 radical (unpaired) electrons. The lowest BCUT2D eigenvalue weighted by Gasteiger charge is -2.36. The van der Waals surface area contributed by atoms with Gasteiger partial charge in [0.1, 0.15) is 11.4 Å². The molecule has 2 nitrogen and oxygen atoms in total. The highest BCUT2D eigenvalue weighted by molar-refractivity contribution is 5.80. The fourth-order valence-electron chi connectivity index (χ4n) is 3.12. The monoisotopic (exact) mass is 281 g/mol. The molecule has 1 aliphatic rings. The lowest BCUT2D eigenvalue weighted by Crippen LogP contribution is -2.29. The van der Waals surface area contributed by atoms with E-state index in [2.05, 4.69) is 64.2 Å². The molecular weight excluding hydrogens is 258 g/mol. The van der Waals surface area contributed by atoms with E-state index in [1.54, 1.807) is 0 Å². The van der Waals surface area contributed by atoms with Crippen molar-refractivity contribution in [2.75, 3.05) is 12.4 Å². The summed E-state index contributed by atoms with van der Waals surface area (Å²) < 4.78 is 6.30. The van der Waals surface area contributed by atoms with Gasteiger partial charge in [-0.1, -0.05) is 12.1 Å². The molecular formula is C19H23NO. The van der Waals surface area contributed by atoms with Crippen LogP contribution in [0, 0.1) is 20.8 Å². The minimum absolute atomic E-state index is 0.305. The zero-order valence-electron chi connectivity index (χ0n) is 13.7. The third-order valence-electron chi connectivity index (χ3n) is 4.53. The summed E-state index contributed by atoms with van der Waals surface area (Å²) in [6.45, 7) is 10.8. The zero-order valence-corrected chi connectivity index (χ0v) is 13.7. The Morgan fingerprint density at radius 3 is 2.14 bits per heavy atom. The van der Waals surface area contributed by atoms with Gasteiger partial charge in [-0.25, -0.2) is 0 Å². The Kier molecular flexibility index (Phi) is 3.01. The van der Waals surface area contributed by atoms with Gasteiger partial charge in [0.2, 0.25) is 0 Å². The molecule has 1 N–H and O–H groups in total. The van der Waals surface area contributed by atoms with Crippen LogP contribution in [0.15, 0.2) is 24.3 Å². The average molecular weight is 281 g/mol. The first kappa shape index (κ1) is 14.0. The van der Waals surface area contributed by atoms with Gasteiger partial charge >= 0.3 is 0 Å². The number of fused-ring (bicyclic) bond motifs is 3. The van der Waals surface area contributed by atoms with Gasteiger partial charge in [0, 0.05) is 29.9 Å². The second-order valence-electron chi connectivity index (χ2n) is 6.51. The number of rotatable bonds is 1. The predicted octanol–water partition coefficient (Wildman–Crippen LogP) is 4.95. The largest absolute Gasteiger partial charge is 0.482 e.